The van der Waals surface area contributed by atoms with E-state index in [-0.39, 0.29) is 30.3 Å². The highest BCUT2D eigenvalue weighted by Crippen LogP contribution is 2.27. The van der Waals surface area contributed by atoms with Gasteiger partial charge in [0.05, 0.1) is 29.8 Å². The second kappa shape index (κ2) is 13.6. The zero-order valence-electron chi connectivity index (χ0n) is 23.7. The third-order valence-electron chi connectivity index (χ3n) is 7.06. The maximum Gasteiger partial charge on any atom is 0.316 e. The van der Waals surface area contributed by atoms with Crippen LogP contribution in [0.2, 0.25) is 0 Å². The Morgan fingerprint density at radius 2 is 1.68 bits per heavy atom. The van der Waals surface area contributed by atoms with Crippen LogP contribution in [0.5, 0.6) is 5.75 Å². The third kappa shape index (κ3) is 8.61. The lowest BCUT2D eigenvalue weighted by molar-refractivity contribution is 0.0679. The highest BCUT2D eigenvalue weighted by Gasteiger charge is 2.29. The van der Waals surface area contributed by atoms with E-state index in [1.807, 2.05) is 23.1 Å². The van der Waals surface area contributed by atoms with Gasteiger partial charge in [-0.05, 0) is 50.5 Å². The molecule has 0 aliphatic carbocycles. The normalized spacial score (nSPS) is 14.8. The smallest absolute Gasteiger partial charge is 0.316 e. The molecule has 4 rings (SSSR count). The first-order valence-corrected chi connectivity index (χ1v) is 15.6. The van der Waals surface area contributed by atoms with Crippen LogP contribution >= 0.6 is 0 Å². The van der Waals surface area contributed by atoms with E-state index in [4.69, 9.17) is 4.74 Å². The van der Waals surface area contributed by atoms with E-state index in [1.54, 1.807) is 32.0 Å². The number of sulfonamides is 1. The van der Waals surface area contributed by atoms with Gasteiger partial charge in [0.15, 0.2) is 0 Å². The number of ether oxygens (including phenoxy) is 1. The number of anilines is 1. The number of hydrogen-bond acceptors (Lipinski definition) is 7. The van der Waals surface area contributed by atoms with Gasteiger partial charge < -0.3 is 14.7 Å². The summed E-state index contributed by atoms with van der Waals surface area (Å²) in [6.45, 7) is 5.17. The molecule has 2 aromatic carbocycles. The van der Waals surface area contributed by atoms with Crippen molar-refractivity contribution in [1.29, 1.82) is 0 Å². The number of piperazine rings is 1. The molecular weight excluding hydrogens is 547 g/mol. The van der Waals surface area contributed by atoms with Gasteiger partial charge in [0, 0.05) is 26.2 Å². The van der Waals surface area contributed by atoms with Gasteiger partial charge in [-0.25, -0.2) is 12.8 Å². The standard InChI is InChI=1S/C30H39FN4O5S/c1-30(2,37)15-8-3-4-9-20-40-28-27(22-32-35(29(28)36)26-14-10-13-25(31)21-26)33-16-18-34(19-17-33)41(38,39)23-24-11-6-5-7-12-24/h5-7,10-14,21-22,37H,3-4,8-9,15-20,23H2,1-2H3. The molecule has 9 nitrogen and oxygen atoms in total. The zero-order valence-corrected chi connectivity index (χ0v) is 24.5. The Balaban J connectivity index is 1.47. The molecule has 0 bridgehead atoms. The third-order valence-corrected chi connectivity index (χ3v) is 8.91. The lowest BCUT2D eigenvalue weighted by atomic mass is 10.0. The molecule has 1 N–H and O–H groups in total. The van der Waals surface area contributed by atoms with Crippen LogP contribution in [0.15, 0.2) is 65.6 Å². The summed E-state index contributed by atoms with van der Waals surface area (Å²) in [6, 6.07) is 14.7. The summed E-state index contributed by atoms with van der Waals surface area (Å²) in [6.07, 6.45) is 5.68. The molecule has 41 heavy (non-hydrogen) atoms. The molecule has 1 aromatic heterocycles. The van der Waals surface area contributed by atoms with E-state index in [9.17, 15) is 22.7 Å². The molecule has 1 aliphatic heterocycles. The summed E-state index contributed by atoms with van der Waals surface area (Å²) in [5.41, 5.74) is 0.319. The van der Waals surface area contributed by atoms with Crippen molar-refractivity contribution in [1.82, 2.24) is 14.1 Å². The Bertz CT molecular complexity index is 1450. The van der Waals surface area contributed by atoms with Gasteiger partial charge in [0.2, 0.25) is 15.8 Å². The molecular formula is C30H39FN4O5S. The van der Waals surface area contributed by atoms with Crippen molar-refractivity contribution in [3.05, 3.63) is 82.5 Å². The SMILES string of the molecule is CC(C)(O)CCCCCCOc1c(N2CCN(S(=O)(=O)Cc3ccccc3)CC2)cnn(-c2cccc(F)c2)c1=O. The first kappa shape index (κ1) is 30.7. The Morgan fingerprint density at radius 3 is 2.37 bits per heavy atom. The van der Waals surface area contributed by atoms with Gasteiger partial charge in [-0.1, -0.05) is 55.7 Å². The van der Waals surface area contributed by atoms with Crippen molar-refractivity contribution in [2.24, 2.45) is 0 Å². The molecule has 0 saturated carbocycles. The first-order valence-electron chi connectivity index (χ1n) is 14.0. The van der Waals surface area contributed by atoms with E-state index in [1.165, 1.54) is 28.7 Å². The molecule has 1 fully saturated rings. The van der Waals surface area contributed by atoms with Gasteiger partial charge >= 0.3 is 5.56 Å². The molecule has 0 spiro atoms. The predicted octanol–water partition coefficient (Wildman–Crippen LogP) is 4.12. The fourth-order valence-corrected chi connectivity index (χ4v) is 6.37. The van der Waals surface area contributed by atoms with Crippen molar-refractivity contribution in [3.63, 3.8) is 0 Å². The summed E-state index contributed by atoms with van der Waals surface area (Å²) in [5.74, 6) is -0.438. The van der Waals surface area contributed by atoms with Gasteiger partial charge in [-0.3, -0.25) is 4.79 Å². The number of unbranched alkanes of at least 4 members (excludes halogenated alkanes) is 3. The Labute approximate surface area is 241 Å². The van der Waals surface area contributed by atoms with E-state index in [0.29, 0.717) is 31.8 Å². The second-order valence-corrected chi connectivity index (χ2v) is 13.0. The summed E-state index contributed by atoms with van der Waals surface area (Å²) in [5, 5.41) is 14.2. The Kier molecular flexibility index (Phi) is 10.2. The topological polar surface area (TPSA) is 105 Å². The van der Waals surface area contributed by atoms with Crippen LogP contribution in [-0.2, 0) is 15.8 Å². The van der Waals surface area contributed by atoms with Crippen LogP contribution < -0.4 is 15.2 Å². The van der Waals surface area contributed by atoms with Crippen molar-refractivity contribution < 1.29 is 22.7 Å². The quantitative estimate of drug-likeness (QED) is 0.301. The van der Waals surface area contributed by atoms with E-state index in [2.05, 4.69) is 5.10 Å². The average molecular weight is 587 g/mol. The van der Waals surface area contributed by atoms with Crippen LogP contribution in [0.3, 0.4) is 0 Å². The number of nitrogens with zero attached hydrogens (tertiary/aromatic N) is 4. The largest absolute Gasteiger partial charge is 0.486 e. The summed E-state index contributed by atoms with van der Waals surface area (Å²) < 4.78 is 48.6. The van der Waals surface area contributed by atoms with Crippen LogP contribution in [0.4, 0.5) is 10.1 Å². The summed E-state index contributed by atoms with van der Waals surface area (Å²) >= 11 is 0. The van der Waals surface area contributed by atoms with Crippen LogP contribution in [0.25, 0.3) is 5.69 Å². The van der Waals surface area contributed by atoms with E-state index >= 15 is 0 Å². The lowest BCUT2D eigenvalue weighted by Gasteiger charge is -2.35. The molecule has 1 saturated heterocycles. The predicted molar refractivity (Wildman–Crippen MR) is 158 cm³/mol. The van der Waals surface area contributed by atoms with Gasteiger partial charge in [-0.15, -0.1) is 0 Å². The Hall–Kier alpha value is -3.28. The minimum Gasteiger partial charge on any atom is -0.486 e. The molecule has 11 heteroatoms. The van der Waals surface area contributed by atoms with Gasteiger partial charge in [-0.2, -0.15) is 14.1 Å². The summed E-state index contributed by atoms with van der Waals surface area (Å²) in [4.78, 5) is 15.5. The molecule has 0 amide bonds. The van der Waals surface area contributed by atoms with Crippen molar-refractivity contribution in [2.75, 3.05) is 37.7 Å². The number of rotatable bonds is 13. The average Bonchev–Trinajstić information content (AvgIpc) is 2.93. The van der Waals surface area contributed by atoms with Crippen molar-refractivity contribution in [2.45, 2.75) is 57.3 Å². The first-order chi connectivity index (χ1) is 19.5. The van der Waals surface area contributed by atoms with E-state index in [0.717, 1.165) is 35.9 Å². The molecule has 1 aliphatic rings. The van der Waals surface area contributed by atoms with Crippen LogP contribution in [0.1, 0.15) is 51.5 Å². The van der Waals surface area contributed by atoms with Crippen LogP contribution in [0, 0.1) is 5.82 Å². The summed E-state index contributed by atoms with van der Waals surface area (Å²) in [7, 11) is -3.50. The number of benzene rings is 2. The number of hydrogen-bond donors (Lipinski definition) is 1. The highest BCUT2D eigenvalue weighted by atomic mass is 32.2. The number of aromatic nitrogens is 2. The molecule has 2 heterocycles. The molecule has 3 aromatic rings. The molecule has 0 atom stereocenters. The van der Waals surface area contributed by atoms with Gasteiger partial charge in [0.25, 0.3) is 0 Å². The number of halogens is 1. The second-order valence-electron chi connectivity index (χ2n) is 11.0. The fourth-order valence-electron chi connectivity index (χ4n) is 4.85. The number of aliphatic hydroxyl groups is 1. The monoisotopic (exact) mass is 586 g/mol. The maximum atomic E-state index is 13.9. The minimum absolute atomic E-state index is 0.0662. The molecule has 0 radical (unpaired) electrons. The van der Waals surface area contributed by atoms with Crippen LogP contribution in [-0.4, -0.2) is 66.0 Å². The van der Waals surface area contributed by atoms with Crippen molar-refractivity contribution in [3.8, 4) is 11.4 Å². The lowest BCUT2D eigenvalue weighted by Crippen LogP contribution is -2.49. The highest BCUT2D eigenvalue weighted by molar-refractivity contribution is 7.88. The van der Waals surface area contributed by atoms with Crippen molar-refractivity contribution >= 4 is 15.7 Å². The van der Waals surface area contributed by atoms with Gasteiger partial charge in [0.1, 0.15) is 11.5 Å². The maximum absolute atomic E-state index is 13.9. The minimum atomic E-state index is -3.50. The molecule has 222 valence electrons. The zero-order chi connectivity index (χ0) is 29.5. The van der Waals surface area contributed by atoms with E-state index < -0.39 is 27.0 Å². The molecule has 0 unspecified atom stereocenters. The fraction of sp³-hybridized carbons (Fsp3) is 0.467. The Morgan fingerprint density at radius 1 is 0.976 bits per heavy atom.